The minimum atomic E-state index is -0.672. The molecule has 0 aliphatic rings. The highest BCUT2D eigenvalue weighted by atomic mass is 16.3. The summed E-state index contributed by atoms with van der Waals surface area (Å²) in [5.41, 5.74) is 0. The second-order valence-electron chi connectivity index (χ2n) is 10.5. The Labute approximate surface area is 218 Å². The van der Waals surface area contributed by atoms with Gasteiger partial charge in [-0.25, -0.2) is 0 Å². The molecule has 4 heteroatoms. The van der Waals surface area contributed by atoms with Crippen molar-refractivity contribution in [2.45, 2.75) is 174 Å². The van der Waals surface area contributed by atoms with Gasteiger partial charge in [0.15, 0.2) is 0 Å². The summed E-state index contributed by atoms with van der Waals surface area (Å²) in [5.74, 6) is -0.0444. The van der Waals surface area contributed by atoms with E-state index in [1.54, 1.807) is 0 Å². The highest BCUT2D eigenvalue weighted by Crippen LogP contribution is 2.14. The molecule has 0 aromatic carbocycles. The zero-order valence-corrected chi connectivity index (χ0v) is 23.6. The van der Waals surface area contributed by atoms with Crippen molar-refractivity contribution in [3.63, 3.8) is 0 Å². The van der Waals surface area contributed by atoms with Gasteiger partial charge in [0.2, 0.25) is 5.91 Å². The molecule has 0 heterocycles. The number of hydrogen-bond donors (Lipinski definition) is 3. The van der Waals surface area contributed by atoms with Gasteiger partial charge in [0.1, 0.15) is 0 Å². The number of amides is 1. The van der Waals surface area contributed by atoms with Gasteiger partial charge in [0.05, 0.1) is 18.8 Å². The van der Waals surface area contributed by atoms with Crippen LogP contribution in [0.15, 0.2) is 12.2 Å². The molecule has 0 unspecified atom stereocenters. The van der Waals surface area contributed by atoms with E-state index >= 15 is 0 Å². The van der Waals surface area contributed by atoms with E-state index in [2.05, 4.69) is 31.3 Å². The molecule has 3 N–H and O–H groups in total. The minimum Gasteiger partial charge on any atom is -0.394 e. The smallest absolute Gasteiger partial charge is 0.220 e. The van der Waals surface area contributed by atoms with Crippen molar-refractivity contribution in [2.24, 2.45) is 0 Å². The van der Waals surface area contributed by atoms with Gasteiger partial charge in [0, 0.05) is 6.42 Å². The van der Waals surface area contributed by atoms with Crippen LogP contribution in [0.25, 0.3) is 0 Å². The maximum absolute atomic E-state index is 12.2. The second-order valence-corrected chi connectivity index (χ2v) is 10.5. The van der Waals surface area contributed by atoms with Crippen LogP contribution in [0.3, 0.4) is 0 Å². The molecule has 4 nitrogen and oxygen atoms in total. The van der Waals surface area contributed by atoms with Crippen molar-refractivity contribution in [2.75, 3.05) is 6.61 Å². The van der Waals surface area contributed by atoms with Gasteiger partial charge in [-0.1, -0.05) is 129 Å². The second kappa shape index (κ2) is 27.7. The van der Waals surface area contributed by atoms with Crippen molar-refractivity contribution < 1.29 is 15.0 Å². The molecular weight excluding hydrogens is 434 g/mol. The summed E-state index contributed by atoms with van der Waals surface area (Å²) in [7, 11) is 0. The fraction of sp³-hybridized carbons (Fsp3) is 0.903. The standard InChI is InChI=1S/C31H61NO3/c1-3-5-7-9-11-13-14-15-16-17-19-21-23-25-27-31(35)32-29(28-33)30(34)26-24-22-20-18-12-10-8-6-4-2/h12,18,29-30,33-34H,3-11,13-17,19-28H2,1-2H3,(H,32,35)/b18-12+/t29-,30+/m0/s1. The minimum absolute atomic E-state index is 0.0444. The van der Waals surface area contributed by atoms with Gasteiger partial charge in [-0.15, -0.1) is 0 Å². The average molecular weight is 496 g/mol. The summed E-state index contributed by atoms with van der Waals surface area (Å²) in [5, 5.41) is 22.8. The normalized spacial score (nSPS) is 13.4. The molecule has 1 amide bonds. The first kappa shape index (κ1) is 34.1. The lowest BCUT2D eigenvalue weighted by Crippen LogP contribution is -2.45. The van der Waals surface area contributed by atoms with Gasteiger partial charge in [-0.05, 0) is 38.5 Å². The van der Waals surface area contributed by atoms with Crippen LogP contribution in [0.5, 0.6) is 0 Å². The van der Waals surface area contributed by atoms with Crippen molar-refractivity contribution in [3.8, 4) is 0 Å². The van der Waals surface area contributed by atoms with Crippen LogP contribution in [0, 0.1) is 0 Å². The number of nitrogens with one attached hydrogen (secondary N) is 1. The number of unbranched alkanes of at least 4 members (excludes halogenated alkanes) is 18. The largest absolute Gasteiger partial charge is 0.394 e. The molecule has 2 atom stereocenters. The Hall–Kier alpha value is -0.870. The lowest BCUT2D eigenvalue weighted by Gasteiger charge is -2.22. The van der Waals surface area contributed by atoms with Crippen LogP contribution in [-0.2, 0) is 4.79 Å². The summed E-state index contributed by atoms with van der Waals surface area (Å²) >= 11 is 0. The maximum atomic E-state index is 12.2. The molecule has 208 valence electrons. The molecule has 35 heavy (non-hydrogen) atoms. The fourth-order valence-corrected chi connectivity index (χ4v) is 4.59. The van der Waals surface area contributed by atoms with Crippen LogP contribution in [0.1, 0.15) is 162 Å². The number of rotatable bonds is 27. The highest BCUT2D eigenvalue weighted by Gasteiger charge is 2.19. The van der Waals surface area contributed by atoms with E-state index in [9.17, 15) is 15.0 Å². The first-order valence-corrected chi connectivity index (χ1v) is 15.4. The van der Waals surface area contributed by atoms with E-state index in [0.717, 1.165) is 38.5 Å². The monoisotopic (exact) mass is 495 g/mol. The number of aliphatic hydroxyl groups excluding tert-OH is 2. The molecule has 0 aliphatic carbocycles. The zero-order valence-electron chi connectivity index (χ0n) is 23.6. The molecule has 0 radical (unpaired) electrons. The number of hydrogen-bond acceptors (Lipinski definition) is 3. The molecule has 0 bridgehead atoms. The van der Waals surface area contributed by atoms with Gasteiger partial charge in [-0.3, -0.25) is 4.79 Å². The zero-order chi connectivity index (χ0) is 25.8. The molecule has 0 saturated heterocycles. The van der Waals surface area contributed by atoms with Gasteiger partial charge in [-0.2, -0.15) is 0 Å². The Balaban J connectivity index is 3.60. The van der Waals surface area contributed by atoms with E-state index in [0.29, 0.717) is 12.8 Å². The number of aliphatic hydroxyl groups is 2. The third kappa shape index (κ3) is 24.6. The van der Waals surface area contributed by atoms with E-state index in [1.165, 1.54) is 96.3 Å². The SMILES string of the molecule is CCCCC/C=C/CCCC[C@@H](O)[C@H](CO)NC(=O)CCCCCCCCCCCCCCCC. The number of allylic oxidation sites excluding steroid dienone is 2. The molecule has 0 rings (SSSR count). The Morgan fingerprint density at radius 3 is 1.57 bits per heavy atom. The van der Waals surface area contributed by atoms with Crippen molar-refractivity contribution in [1.29, 1.82) is 0 Å². The summed E-state index contributed by atoms with van der Waals surface area (Å²) in [4.78, 5) is 12.2. The van der Waals surface area contributed by atoms with Gasteiger partial charge >= 0.3 is 0 Å². The topological polar surface area (TPSA) is 69.6 Å². The number of carbonyl (C=O) groups is 1. The molecule has 0 aliphatic heterocycles. The quantitative estimate of drug-likeness (QED) is 0.0791. The lowest BCUT2D eigenvalue weighted by molar-refractivity contribution is -0.123. The maximum Gasteiger partial charge on any atom is 0.220 e. The fourth-order valence-electron chi connectivity index (χ4n) is 4.59. The predicted molar refractivity (Wildman–Crippen MR) is 152 cm³/mol. The Bertz CT molecular complexity index is 466. The lowest BCUT2D eigenvalue weighted by atomic mass is 10.0. The molecule has 0 spiro atoms. The van der Waals surface area contributed by atoms with Crippen molar-refractivity contribution in [3.05, 3.63) is 12.2 Å². The molecule has 0 fully saturated rings. The number of carbonyl (C=O) groups excluding carboxylic acids is 1. The summed E-state index contributed by atoms with van der Waals surface area (Å²) < 4.78 is 0. The van der Waals surface area contributed by atoms with Gasteiger partial charge < -0.3 is 15.5 Å². The van der Waals surface area contributed by atoms with E-state index in [-0.39, 0.29) is 12.5 Å². The van der Waals surface area contributed by atoms with Crippen LogP contribution < -0.4 is 5.32 Å². The van der Waals surface area contributed by atoms with Crippen LogP contribution >= 0.6 is 0 Å². The molecule has 0 aromatic rings. The third-order valence-corrected chi connectivity index (χ3v) is 7.03. The van der Waals surface area contributed by atoms with Crippen molar-refractivity contribution in [1.82, 2.24) is 5.32 Å². The Kier molecular flexibility index (Phi) is 27.0. The summed E-state index contributed by atoms with van der Waals surface area (Å²) in [6.45, 7) is 4.28. The first-order chi connectivity index (χ1) is 17.2. The Morgan fingerprint density at radius 2 is 1.09 bits per heavy atom. The van der Waals surface area contributed by atoms with Crippen molar-refractivity contribution >= 4 is 5.91 Å². The van der Waals surface area contributed by atoms with E-state index in [4.69, 9.17) is 0 Å². The summed E-state index contributed by atoms with van der Waals surface area (Å²) in [6.07, 6.45) is 31.1. The third-order valence-electron chi connectivity index (χ3n) is 7.03. The van der Waals surface area contributed by atoms with E-state index < -0.39 is 12.1 Å². The first-order valence-electron chi connectivity index (χ1n) is 15.4. The van der Waals surface area contributed by atoms with Gasteiger partial charge in [0.25, 0.3) is 0 Å². The predicted octanol–water partition coefficient (Wildman–Crippen LogP) is 8.39. The molecular formula is C31H61NO3. The van der Waals surface area contributed by atoms with Crippen LogP contribution in [0.4, 0.5) is 0 Å². The molecule has 0 aromatic heterocycles. The highest BCUT2D eigenvalue weighted by molar-refractivity contribution is 5.76. The Morgan fingerprint density at radius 1 is 0.657 bits per heavy atom. The van der Waals surface area contributed by atoms with Crippen LogP contribution in [-0.4, -0.2) is 34.9 Å². The average Bonchev–Trinajstić information content (AvgIpc) is 2.86. The molecule has 0 saturated carbocycles. The summed E-state index contributed by atoms with van der Waals surface area (Å²) in [6, 6.07) is -0.543. The van der Waals surface area contributed by atoms with Crippen LogP contribution in [0.2, 0.25) is 0 Å². The van der Waals surface area contributed by atoms with E-state index in [1.807, 2.05) is 0 Å².